The quantitative estimate of drug-likeness (QED) is 0.259. The van der Waals surface area contributed by atoms with Gasteiger partial charge in [0.1, 0.15) is 5.75 Å². The van der Waals surface area contributed by atoms with Gasteiger partial charge in [0.25, 0.3) is 0 Å². The van der Waals surface area contributed by atoms with Crippen LogP contribution in [-0.4, -0.2) is 44.5 Å². The third-order valence-electron chi connectivity index (χ3n) is 8.01. The zero-order valence-electron chi connectivity index (χ0n) is 21.8. The van der Waals surface area contributed by atoms with Crippen molar-refractivity contribution in [3.05, 3.63) is 78.0 Å². The lowest BCUT2D eigenvalue weighted by Gasteiger charge is -2.51. The molecule has 41 heavy (non-hydrogen) atoms. The summed E-state index contributed by atoms with van der Waals surface area (Å²) >= 11 is 0. The van der Waals surface area contributed by atoms with E-state index in [-0.39, 0.29) is 30.0 Å². The number of sulfonamides is 1. The zero-order chi connectivity index (χ0) is 29.7. The van der Waals surface area contributed by atoms with Gasteiger partial charge in [-0.3, -0.25) is 9.88 Å². The van der Waals surface area contributed by atoms with Crippen molar-refractivity contribution in [3.8, 4) is 5.75 Å². The standard InChI is InChI=1S/C28H27F6N3O3S/c1-3-16-15-37-9-7-17(16)10-25(37)26(22-6-8-35-24-5-4-20(40-2)14-23(22)24)36-41(38,39)21-12-18(27(29,30)31)11-19(13-21)28(32,33)34/h3-6,8,11-14,16-17,25-26,36H,1,7,9-10,15H2,2H3/t16-,17-,25-,26-/m0/s1. The maximum atomic E-state index is 13.7. The number of alkyl halides is 6. The van der Waals surface area contributed by atoms with Crippen molar-refractivity contribution < 1.29 is 39.5 Å². The fourth-order valence-electron chi connectivity index (χ4n) is 5.93. The minimum atomic E-state index is -5.20. The van der Waals surface area contributed by atoms with Crippen molar-refractivity contribution in [2.24, 2.45) is 11.8 Å². The van der Waals surface area contributed by atoms with Crippen molar-refractivity contribution in [1.82, 2.24) is 14.6 Å². The molecule has 3 aromatic rings. The van der Waals surface area contributed by atoms with E-state index in [0.717, 1.165) is 6.42 Å². The Morgan fingerprint density at radius 3 is 2.32 bits per heavy atom. The number of halogens is 6. The molecule has 6 rings (SSSR count). The molecule has 0 aliphatic carbocycles. The third-order valence-corrected chi connectivity index (χ3v) is 9.43. The van der Waals surface area contributed by atoms with Gasteiger partial charge < -0.3 is 4.74 Å². The van der Waals surface area contributed by atoms with Gasteiger partial charge >= 0.3 is 12.4 Å². The van der Waals surface area contributed by atoms with Crippen LogP contribution in [-0.2, 0) is 22.4 Å². The molecule has 2 aromatic carbocycles. The van der Waals surface area contributed by atoms with E-state index in [1.807, 2.05) is 6.08 Å². The zero-order valence-corrected chi connectivity index (χ0v) is 22.7. The number of nitrogens with one attached hydrogen (secondary N) is 1. The molecule has 220 valence electrons. The number of piperidine rings is 3. The molecule has 2 bridgehead atoms. The van der Waals surface area contributed by atoms with E-state index < -0.39 is 50.5 Å². The lowest BCUT2D eigenvalue weighted by atomic mass is 9.73. The first-order chi connectivity index (χ1) is 19.2. The molecule has 0 saturated carbocycles. The normalized spacial score (nSPS) is 23.9. The predicted octanol–water partition coefficient (Wildman–Crippen LogP) is 6.20. The highest BCUT2D eigenvalue weighted by molar-refractivity contribution is 7.89. The molecule has 1 unspecified atom stereocenters. The number of methoxy groups -OCH3 is 1. The van der Waals surface area contributed by atoms with E-state index in [4.69, 9.17) is 4.74 Å². The largest absolute Gasteiger partial charge is 0.497 e. The number of benzene rings is 2. The molecule has 1 N–H and O–H groups in total. The van der Waals surface area contributed by atoms with Gasteiger partial charge in [0.15, 0.2) is 0 Å². The first-order valence-electron chi connectivity index (χ1n) is 12.8. The van der Waals surface area contributed by atoms with Gasteiger partial charge in [-0.2, -0.15) is 26.3 Å². The van der Waals surface area contributed by atoms with Crippen LogP contribution >= 0.6 is 0 Å². The van der Waals surface area contributed by atoms with Crippen LogP contribution in [0, 0.1) is 11.8 Å². The Hall–Kier alpha value is -3.16. The molecule has 5 atom stereocenters. The molecule has 3 aliphatic heterocycles. The molecule has 0 spiro atoms. The number of pyridine rings is 1. The van der Waals surface area contributed by atoms with E-state index in [9.17, 15) is 34.8 Å². The summed E-state index contributed by atoms with van der Waals surface area (Å²) in [6, 6.07) is 5.56. The molecule has 3 saturated heterocycles. The number of nitrogens with zero attached hydrogens (tertiary/aromatic N) is 2. The van der Waals surface area contributed by atoms with Gasteiger partial charge in [-0.1, -0.05) is 6.08 Å². The highest BCUT2D eigenvalue weighted by atomic mass is 32.2. The van der Waals surface area contributed by atoms with E-state index in [0.29, 0.717) is 41.7 Å². The van der Waals surface area contributed by atoms with Crippen LogP contribution in [0.15, 0.2) is 66.2 Å². The molecule has 13 heteroatoms. The molecule has 6 nitrogen and oxygen atoms in total. The van der Waals surface area contributed by atoms with E-state index >= 15 is 0 Å². The molecular formula is C28H27F6N3O3S. The van der Waals surface area contributed by atoms with Gasteiger partial charge in [-0.25, -0.2) is 13.1 Å². The van der Waals surface area contributed by atoms with Crippen LogP contribution in [0.5, 0.6) is 5.75 Å². The van der Waals surface area contributed by atoms with Crippen LogP contribution < -0.4 is 9.46 Å². The second kappa shape index (κ2) is 10.6. The molecule has 3 fully saturated rings. The Kier molecular flexibility index (Phi) is 7.58. The summed E-state index contributed by atoms with van der Waals surface area (Å²) in [5.41, 5.74) is -2.42. The Balaban J connectivity index is 1.65. The Bertz CT molecular complexity index is 1540. The lowest BCUT2D eigenvalue weighted by Crippen LogP contribution is -2.57. The maximum Gasteiger partial charge on any atom is 0.416 e. The summed E-state index contributed by atoms with van der Waals surface area (Å²) in [6.45, 7) is 5.16. The molecule has 3 aliphatic rings. The Morgan fingerprint density at radius 1 is 1.07 bits per heavy atom. The van der Waals surface area contributed by atoms with Crippen molar-refractivity contribution in [2.75, 3.05) is 20.2 Å². The monoisotopic (exact) mass is 599 g/mol. The van der Waals surface area contributed by atoms with E-state index in [1.165, 1.54) is 13.3 Å². The van der Waals surface area contributed by atoms with Gasteiger partial charge in [0, 0.05) is 24.2 Å². The van der Waals surface area contributed by atoms with Gasteiger partial charge in [0.05, 0.1) is 34.7 Å². The predicted molar refractivity (Wildman–Crippen MR) is 140 cm³/mol. The highest BCUT2D eigenvalue weighted by Crippen LogP contribution is 2.43. The van der Waals surface area contributed by atoms with Crippen LogP contribution in [0.25, 0.3) is 10.9 Å². The SMILES string of the molecule is C=C[C@H]1CN2CC[C@H]1C[C@H]2[C@@H](NS(=O)(=O)c1cc(C(F)(F)F)cc(C(F)(F)F)c1)c1ccnc2ccc(OC)cc12. The van der Waals surface area contributed by atoms with E-state index in [2.05, 4.69) is 21.2 Å². The average Bonchev–Trinajstić information content (AvgIpc) is 2.94. The lowest BCUT2D eigenvalue weighted by molar-refractivity contribution is -0.143. The number of fused-ring (bicyclic) bond motifs is 4. The van der Waals surface area contributed by atoms with Crippen LogP contribution in [0.4, 0.5) is 26.3 Å². The first kappa shape index (κ1) is 29.3. The van der Waals surface area contributed by atoms with Gasteiger partial charge in [-0.15, -0.1) is 6.58 Å². The van der Waals surface area contributed by atoms with Gasteiger partial charge in [-0.05, 0) is 79.3 Å². The van der Waals surface area contributed by atoms with Crippen molar-refractivity contribution in [1.29, 1.82) is 0 Å². The minimum Gasteiger partial charge on any atom is -0.497 e. The van der Waals surface area contributed by atoms with Gasteiger partial charge in [0.2, 0.25) is 10.0 Å². The van der Waals surface area contributed by atoms with Crippen molar-refractivity contribution in [2.45, 2.75) is 42.2 Å². The van der Waals surface area contributed by atoms with Crippen molar-refractivity contribution >= 4 is 20.9 Å². The average molecular weight is 600 g/mol. The maximum absolute atomic E-state index is 13.7. The molecule has 1 aromatic heterocycles. The summed E-state index contributed by atoms with van der Waals surface area (Å²) in [7, 11) is -3.43. The number of aromatic nitrogens is 1. The van der Waals surface area contributed by atoms with Crippen molar-refractivity contribution in [3.63, 3.8) is 0 Å². The second-order valence-electron chi connectivity index (χ2n) is 10.4. The van der Waals surface area contributed by atoms with E-state index in [1.54, 1.807) is 24.3 Å². The number of ether oxygens (including phenoxy) is 1. The number of rotatable bonds is 7. The highest BCUT2D eigenvalue weighted by Gasteiger charge is 2.45. The minimum absolute atomic E-state index is 0.0968. The summed E-state index contributed by atoms with van der Waals surface area (Å²) in [5, 5.41) is 0.544. The second-order valence-corrected chi connectivity index (χ2v) is 12.1. The summed E-state index contributed by atoms with van der Waals surface area (Å²) < 4.78 is 116. The fraction of sp³-hybridized carbons (Fsp3) is 0.393. The topological polar surface area (TPSA) is 71.5 Å². The smallest absolute Gasteiger partial charge is 0.416 e. The van der Waals surface area contributed by atoms with Crippen LogP contribution in [0.3, 0.4) is 0 Å². The number of hydrogen-bond donors (Lipinski definition) is 1. The number of hydrogen-bond acceptors (Lipinski definition) is 5. The molecule has 0 radical (unpaired) electrons. The fourth-order valence-corrected chi connectivity index (χ4v) is 7.25. The summed E-state index contributed by atoms with van der Waals surface area (Å²) in [6.07, 6.45) is -5.64. The molecule has 4 heterocycles. The molecule has 0 amide bonds. The summed E-state index contributed by atoms with van der Waals surface area (Å²) in [4.78, 5) is 5.31. The summed E-state index contributed by atoms with van der Waals surface area (Å²) in [5.74, 6) is 0.852. The third kappa shape index (κ3) is 5.80. The Labute approximate surface area is 233 Å². The van der Waals surface area contributed by atoms with Crippen LogP contribution in [0.2, 0.25) is 0 Å². The molecular weight excluding hydrogens is 572 g/mol. The Morgan fingerprint density at radius 2 is 1.76 bits per heavy atom. The first-order valence-corrected chi connectivity index (χ1v) is 14.3. The van der Waals surface area contributed by atoms with Crippen LogP contribution in [0.1, 0.15) is 35.6 Å².